The second kappa shape index (κ2) is 8.02. The number of carbonyl (C=O) groups is 1. The first-order valence-corrected chi connectivity index (χ1v) is 6.88. The van der Waals surface area contributed by atoms with E-state index in [4.69, 9.17) is 10.00 Å². The Labute approximate surface area is 140 Å². The number of amides is 1. The molecular formula is C13H12N8O4. The number of nitrogens with one attached hydrogen (secondary N) is 3. The molecule has 0 saturated carbocycles. The second-order valence-corrected chi connectivity index (χ2v) is 4.38. The number of anilines is 2. The number of nitro groups is 1. The minimum atomic E-state index is -0.721. The average Bonchev–Trinajstić information content (AvgIpc) is 3.11. The third-order valence-electron chi connectivity index (χ3n) is 2.79. The van der Waals surface area contributed by atoms with Crippen LogP contribution in [0.1, 0.15) is 12.7 Å². The average molecular weight is 344 g/mol. The fourth-order valence-electron chi connectivity index (χ4n) is 1.74. The molecule has 0 atom stereocenters. The quantitative estimate of drug-likeness (QED) is 0.400. The monoisotopic (exact) mass is 344 g/mol. The molecule has 0 aliphatic heterocycles. The van der Waals surface area contributed by atoms with Crippen molar-refractivity contribution in [2.75, 3.05) is 17.2 Å². The van der Waals surface area contributed by atoms with Crippen molar-refractivity contribution in [3.05, 3.63) is 40.3 Å². The van der Waals surface area contributed by atoms with Crippen molar-refractivity contribution in [3.63, 3.8) is 0 Å². The summed E-state index contributed by atoms with van der Waals surface area (Å²) < 4.78 is 4.71. The van der Waals surface area contributed by atoms with Crippen molar-refractivity contribution in [2.24, 2.45) is 0 Å². The smallest absolute Gasteiger partial charge is 0.411 e. The van der Waals surface area contributed by atoms with Gasteiger partial charge in [-0.15, -0.1) is 10.2 Å². The van der Waals surface area contributed by atoms with E-state index in [-0.39, 0.29) is 35.1 Å². The van der Waals surface area contributed by atoms with Crippen molar-refractivity contribution in [3.8, 4) is 6.07 Å². The molecule has 1 amide bonds. The van der Waals surface area contributed by atoms with E-state index in [1.165, 1.54) is 18.3 Å². The molecule has 1 aromatic carbocycles. The van der Waals surface area contributed by atoms with Crippen LogP contribution in [0.3, 0.4) is 0 Å². The maximum Gasteiger partial charge on any atom is 0.411 e. The highest BCUT2D eigenvalue weighted by Crippen LogP contribution is 2.28. The standard InChI is InChI=1S/C13H12N8O4/c1-2-25-13(22)16-9-3-4-10(11(5-9)21(23)24)15-7-8(6-14)12-17-19-20-18-12/h3-5,7,15H,2H2,1H3,(H,16,22)(H,17,18,19,20). The molecule has 0 radical (unpaired) electrons. The first-order chi connectivity index (χ1) is 12.0. The van der Waals surface area contributed by atoms with Crippen LogP contribution in [0.15, 0.2) is 24.4 Å². The molecule has 0 unspecified atom stereocenters. The van der Waals surface area contributed by atoms with Crippen LogP contribution in [0.25, 0.3) is 5.57 Å². The summed E-state index contributed by atoms with van der Waals surface area (Å²) in [5.41, 5.74) is 0.0155. The molecule has 0 spiro atoms. The predicted molar refractivity (Wildman–Crippen MR) is 85.1 cm³/mol. The van der Waals surface area contributed by atoms with Crippen LogP contribution in [0, 0.1) is 21.4 Å². The van der Waals surface area contributed by atoms with E-state index in [1.54, 1.807) is 6.92 Å². The van der Waals surface area contributed by atoms with E-state index in [0.717, 1.165) is 6.07 Å². The third-order valence-corrected chi connectivity index (χ3v) is 2.79. The molecule has 0 saturated heterocycles. The summed E-state index contributed by atoms with van der Waals surface area (Å²) in [6.45, 7) is 1.81. The Bertz CT molecular complexity index is 840. The number of ether oxygens (including phenoxy) is 1. The largest absolute Gasteiger partial charge is 0.450 e. The zero-order valence-electron chi connectivity index (χ0n) is 12.9. The number of rotatable bonds is 6. The van der Waals surface area contributed by atoms with Crippen LogP contribution < -0.4 is 10.6 Å². The molecule has 0 bridgehead atoms. The van der Waals surface area contributed by atoms with Gasteiger partial charge in [-0.05, 0) is 24.3 Å². The minimum absolute atomic E-state index is 0.0248. The van der Waals surface area contributed by atoms with Crippen LogP contribution in [-0.2, 0) is 4.74 Å². The van der Waals surface area contributed by atoms with E-state index in [0.29, 0.717) is 0 Å². The van der Waals surface area contributed by atoms with E-state index in [1.807, 2.05) is 6.07 Å². The van der Waals surface area contributed by atoms with Gasteiger partial charge in [-0.3, -0.25) is 15.4 Å². The molecule has 128 valence electrons. The van der Waals surface area contributed by atoms with Gasteiger partial charge in [0, 0.05) is 12.3 Å². The number of allylic oxidation sites excluding steroid dienone is 1. The van der Waals surface area contributed by atoms with Gasteiger partial charge in [0.1, 0.15) is 17.3 Å². The molecule has 0 aliphatic rings. The molecule has 0 fully saturated rings. The molecule has 2 rings (SSSR count). The summed E-state index contributed by atoms with van der Waals surface area (Å²) >= 11 is 0. The fourth-order valence-corrected chi connectivity index (χ4v) is 1.74. The van der Waals surface area contributed by atoms with Gasteiger partial charge in [-0.25, -0.2) is 4.79 Å². The molecular weight excluding hydrogens is 332 g/mol. The number of carbonyl (C=O) groups excluding carboxylic acids is 1. The minimum Gasteiger partial charge on any atom is -0.450 e. The zero-order valence-corrected chi connectivity index (χ0v) is 12.9. The molecule has 12 heteroatoms. The van der Waals surface area contributed by atoms with Gasteiger partial charge in [0.25, 0.3) is 5.69 Å². The maximum atomic E-state index is 11.4. The summed E-state index contributed by atoms with van der Waals surface area (Å²) in [4.78, 5) is 22.0. The van der Waals surface area contributed by atoms with Crippen molar-refractivity contribution >= 4 is 28.7 Å². The summed E-state index contributed by atoms with van der Waals surface area (Å²) in [5, 5.41) is 38.1. The van der Waals surface area contributed by atoms with E-state index >= 15 is 0 Å². The number of hydrogen-bond acceptors (Lipinski definition) is 9. The third kappa shape index (κ3) is 4.48. The first-order valence-electron chi connectivity index (χ1n) is 6.88. The summed E-state index contributed by atoms with van der Waals surface area (Å²) in [6, 6.07) is 5.83. The topological polar surface area (TPSA) is 172 Å². The summed E-state index contributed by atoms with van der Waals surface area (Å²) in [6.07, 6.45) is 0.493. The fraction of sp³-hybridized carbons (Fsp3) is 0.154. The number of H-pyrrole nitrogens is 1. The van der Waals surface area contributed by atoms with Crippen molar-refractivity contribution in [2.45, 2.75) is 6.92 Å². The molecule has 12 nitrogen and oxygen atoms in total. The molecule has 1 heterocycles. The molecule has 25 heavy (non-hydrogen) atoms. The first kappa shape index (κ1) is 17.3. The van der Waals surface area contributed by atoms with Gasteiger partial charge >= 0.3 is 6.09 Å². The Kier molecular flexibility index (Phi) is 5.56. The molecule has 0 aliphatic carbocycles. The molecule has 1 aromatic heterocycles. The van der Waals surface area contributed by atoms with Gasteiger partial charge in [-0.1, -0.05) is 0 Å². The Morgan fingerprint density at radius 2 is 2.36 bits per heavy atom. The van der Waals surface area contributed by atoms with Crippen LogP contribution in [0.4, 0.5) is 21.9 Å². The summed E-state index contributed by atoms with van der Waals surface area (Å²) in [7, 11) is 0. The van der Waals surface area contributed by atoms with Gasteiger partial charge in [0.05, 0.1) is 17.2 Å². The lowest BCUT2D eigenvalue weighted by Crippen LogP contribution is -2.13. The van der Waals surface area contributed by atoms with E-state index < -0.39 is 11.0 Å². The number of tetrazole rings is 1. The Balaban J connectivity index is 2.24. The highest BCUT2D eigenvalue weighted by Gasteiger charge is 2.16. The Morgan fingerprint density at radius 1 is 1.56 bits per heavy atom. The number of hydrogen-bond donors (Lipinski definition) is 3. The number of benzene rings is 1. The number of aromatic nitrogens is 4. The molecule has 3 N–H and O–H groups in total. The Hall–Kier alpha value is -4.01. The van der Waals surface area contributed by atoms with Crippen molar-refractivity contribution in [1.29, 1.82) is 5.26 Å². The number of nitriles is 1. The van der Waals surface area contributed by atoms with Crippen LogP contribution >= 0.6 is 0 Å². The zero-order chi connectivity index (χ0) is 18.2. The van der Waals surface area contributed by atoms with Crippen molar-refractivity contribution in [1.82, 2.24) is 20.6 Å². The normalized spacial score (nSPS) is 10.6. The highest BCUT2D eigenvalue weighted by molar-refractivity contribution is 5.86. The SMILES string of the molecule is CCOC(=O)Nc1ccc(NC=C(C#N)c2nn[nH]n2)c([N+](=O)[O-])c1. The van der Waals surface area contributed by atoms with Crippen LogP contribution in [-0.4, -0.2) is 38.2 Å². The van der Waals surface area contributed by atoms with Gasteiger partial charge < -0.3 is 10.1 Å². The second-order valence-electron chi connectivity index (χ2n) is 4.38. The predicted octanol–water partition coefficient (Wildman–Crippen LogP) is 1.65. The highest BCUT2D eigenvalue weighted by atomic mass is 16.6. The Morgan fingerprint density at radius 3 is 2.96 bits per heavy atom. The number of nitro benzene ring substituents is 1. The van der Waals surface area contributed by atoms with Gasteiger partial charge in [-0.2, -0.15) is 10.5 Å². The van der Waals surface area contributed by atoms with Gasteiger partial charge in [0.2, 0.25) is 5.82 Å². The maximum absolute atomic E-state index is 11.4. The lowest BCUT2D eigenvalue weighted by molar-refractivity contribution is -0.383. The van der Waals surface area contributed by atoms with Crippen LogP contribution in [0.5, 0.6) is 0 Å². The van der Waals surface area contributed by atoms with Crippen molar-refractivity contribution < 1.29 is 14.5 Å². The van der Waals surface area contributed by atoms with Gasteiger partial charge in [0.15, 0.2) is 0 Å². The summed E-state index contributed by atoms with van der Waals surface area (Å²) in [5.74, 6) is 0.0400. The lowest BCUT2D eigenvalue weighted by atomic mass is 10.2. The van der Waals surface area contributed by atoms with E-state index in [2.05, 4.69) is 31.3 Å². The molecule has 2 aromatic rings. The lowest BCUT2D eigenvalue weighted by Gasteiger charge is -2.07. The van der Waals surface area contributed by atoms with Crippen LogP contribution in [0.2, 0.25) is 0 Å². The number of aromatic amines is 1. The van der Waals surface area contributed by atoms with E-state index in [9.17, 15) is 14.9 Å². The number of nitrogens with zero attached hydrogens (tertiary/aromatic N) is 5.